The van der Waals surface area contributed by atoms with Gasteiger partial charge in [-0.3, -0.25) is 0 Å². The van der Waals surface area contributed by atoms with Gasteiger partial charge in [0.05, 0.1) is 18.8 Å². The quantitative estimate of drug-likeness (QED) is 0.791. The van der Waals surface area contributed by atoms with E-state index in [0.717, 1.165) is 40.5 Å². The summed E-state index contributed by atoms with van der Waals surface area (Å²) in [6, 6.07) is 7.78. The van der Waals surface area contributed by atoms with Crippen LogP contribution < -0.4 is 10.5 Å². The number of aromatic nitrogens is 3. The first-order valence-corrected chi connectivity index (χ1v) is 8.23. The van der Waals surface area contributed by atoms with E-state index in [2.05, 4.69) is 15.1 Å². The Balaban J connectivity index is 1.60. The molecule has 4 rings (SSSR count). The lowest BCUT2D eigenvalue weighted by atomic mass is 9.77. The van der Waals surface area contributed by atoms with E-state index in [0.29, 0.717) is 11.7 Å². The minimum Gasteiger partial charge on any atom is -0.497 e. The number of thiazole rings is 1. The van der Waals surface area contributed by atoms with Crippen LogP contribution >= 0.6 is 11.3 Å². The second kappa shape index (κ2) is 5.43. The molecule has 0 atom stereocenters. The van der Waals surface area contributed by atoms with Crippen LogP contribution in [-0.2, 0) is 5.54 Å². The fourth-order valence-electron chi connectivity index (χ4n) is 2.55. The van der Waals surface area contributed by atoms with Crippen molar-refractivity contribution >= 4 is 11.3 Å². The number of methoxy groups -OCH3 is 1. The van der Waals surface area contributed by atoms with E-state index in [1.54, 1.807) is 13.3 Å². The molecule has 1 aliphatic rings. The summed E-state index contributed by atoms with van der Waals surface area (Å²) in [6.07, 6.45) is 4.69. The van der Waals surface area contributed by atoms with E-state index >= 15 is 0 Å². The smallest absolute Gasteiger partial charge is 0.269 e. The number of nitrogens with two attached hydrogens (primary N) is 1. The Kier molecular flexibility index (Phi) is 3.39. The normalized spacial score (nSPS) is 16.1. The zero-order chi connectivity index (χ0) is 15.9. The number of ether oxygens (including phenoxy) is 1. The summed E-state index contributed by atoms with van der Waals surface area (Å²) in [4.78, 5) is 9.74. The van der Waals surface area contributed by atoms with Crippen LogP contribution in [0.15, 0.2) is 35.0 Å². The Morgan fingerprint density at radius 2 is 2.04 bits per heavy atom. The molecule has 0 amide bonds. The third-order valence-electron chi connectivity index (χ3n) is 4.17. The molecular weight excluding hydrogens is 312 g/mol. The maximum absolute atomic E-state index is 6.23. The van der Waals surface area contributed by atoms with Crippen molar-refractivity contribution in [3.8, 4) is 27.1 Å². The third-order valence-corrected chi connectivity index (χ3v) is 5.20. The second-order valence-corrected chi connectivity index (χ2v) is 6.72. The van der Waals surface area contributed by atoms with Crippen LogP contribution in [0.2, 0.25) is 0 Å². The zero-order valence-corrected chi connectivity index (χ0v) is 13.5. The van der Waals surface area contributed by atoms with Gasteiger partial charge in [0, 0.05) is 5.56 Å². The van der Waals surface area contributed by atoms with Crippen molar-refractivity contribution in [2.75, 3.05) is 7.11 Å². The lowest BCUT2D eigenvalue weighted by Crippen LogP contribution is -2.44. The molecule has 118 valence electrons. The Morgan fingerprint density at radius 1 is 1.26 bits per heavy atom. The molecular formula is C16H16N4O2S. The van der Waals surface area contributed by atoms with E-state index in [1.807, 2.05) is 24.3 Å². The first kappa shape index (κ1) is 14.3. The number of benzene rings is 1. The van der Waals surface area contributed by atoms with Crippen LogP contribution in [0.5, 0.6) is 5.75 Å². The molecule has 0 bridgehead atoms. The summed E-state index contributed by atoms with van der Waals surface area (Å²) in [7, 11) is 1.65. The summed E-state index contributed by atoms with van der Waals surface area (Å²) < 4.78 is 10.5. The fourth-order valence-corrected chi connectivity index (χ4v) is 3.39. The van der Waals surface area contributed by atoms with Crippen molar-refractivity contribution in [3.63, 3.8) is 0 Å². The number of hydrogen-bond acceptors (Lipinski definition) is 7. The molecule has 1 fully saturated rings. The van der Waals surface area contributed by atoms with Crippen molar-refractivity contribution in [2.45, 2.75) is 24.8 Å². The summed E-state index contributed by atoms with van der Waals surface area (Å²) >= 11 is 1.51. The highest BCUT2D eigenvalue weighted by molar-refractivity contribution is 7.18. The van der Waals surface area contributed by atoms with Gasteiger partial charge in [0.1, 0.15) is 15.6 Å². The van der Waals surface area contributed by atoms with Gasteiger partial charge in [0.15, 0.2) is 5.82 Å². The molecule has 1 aliphatic carbocycles. The molecule has 7 heteroatoms. The molecule has 6 nitrogen and oxygen atoms in total. The Labute approximate surface area is 137 Å². The lowest BCUT2D eigenvalue weighted by Gasteiger charge is -2.34. The van der Waals surface area contributed by atoms with Gasteiger partial charge in [-0.1, -0.05) is 5.16 Å². The van der Waals surface area contributed by atoms with E-state index in [9.17, 15) is 0 Å². The van der Waals surface area contributed by atoms with Crippen molar-refractivity contribution in [1.82, 2.24) is 15.1 Å². The van der Waals surface area contributed by atoms with Crippen LogP contribution in [0, 0.1) is 0 Å². The van der Waals surface area contributed by atoms with Gasteiger partial charge in [-0.25, -0.2) is 4.98 Å². The van der Waals surface area contributed by atoms with E-state index in [1.165, 1.54) is 11.3 Å². The van der Waals surface area contributed by atoms with Crippen molar-refractivity contribution in [2.24, 2.45) is 5.73 Å². The van der Waals surface area contributed by atoms with Crippen LogP contribution in [0.3, 0.4) is 0 Å². The highest BCUT2D eigenvalue weighted by atomic mass is 32.1. The molecule has 3 aromatic rings. The minimum atomic E-state index is -0.411. The van der Waals surface area contributed by atoms with E-state index in [4.69, 9.17) is 15.0 Å². The predicted octanol–water partition coefficient (Wildman–Crippen LogP) is 3.21. The number of nitrogens with zero attached hydrogens (tertiary/aromatic N) is 3. The molecule has 23 heavy (non-hydrogen) atoms. The summed E-state index contributed by atoms with van der Waals surface area (Å²) in [5.41, 5.74) is 6.84. The molecule has 0 spiro atoms. The van der Waals surface area contributed by atoms with Gasteiger partial charge < -0.3 is 15.0 Å². The number of hydrogen-bond donors (Lipinski definition) is 1. The molecule has 1 saturated carbocycles. The molecule has 2 aromatic heterocycles. The maximum atomic E-state index is 6.23. The Hall–Kier alpha value is -2.25. The first-order chi connectivity index (χ1) is 11.2. The van der Waals surface area contributed by atoms with Gasteiger partial charge >= 0.3 is 0 Å². The molecule has 2 heterocycles. The minimum absolute atomic E-state index is 0.411. The van der Waals surface area contributed by atoms with Crippen LogP contribution in [0.4, 0.5) is 0 Å². The van der Waals surface area contributed by atoms with Gasteiger partial charge in [0.25, 0.3) is 5.89 Å². The highest BCUT2D eigenvalue weighted by Crippen LogP contribution is 2.38. The molecule has 0 radical (unpaired) electrons. The highest BCUT2D eigenvalue weighted by Gasteiger charge is 2.39. The van der Waals surface area contributed by atoms with Crippen molar-refractivity contribution < 1.29 is 9.26 Å². The average molecular weight is 328 g/mol. The molecule has 0 saturated heterocycles. The second-order valence-electron chi connectivity index (χ2n) is 5.69. The fraction of sp³-hybridized carbons (Fsp3) is 0.312. The van der Waals surface area contributed by atoms with Crippen LogP contribution in [-0.4, -0.2) is 22.2 Å². The van der Waals surface area contributed by atoms with Gasteiger partial charge in [0.2, 0.25) is 0 Å². The maximum Gasteiger partial charge on any atom is 0.269 e. The standard InChI is InChI=1S/C16H16N4O2S/c1-21-11-5-3-10(4-6-11)14-18-9-12(23-14)13-19-15(20-22-13)16(17)7-2-8-16/h3-6,9H,2,7-8,17H2,1H3. The molecule has 0 aliphatic heterocycles. The zero-order valence-electron chi connectivity index (χ0n) is 12.7. The lowest BCUT2D eigenvalue weighted by molar-refractivity contribution is 0.229. The Bertz CT molecular complexity index is 821. The van der Waals surface area contributed by atoms with E-state index < -0.39 is 5.54 Å². The molecule has 2 N–H and O–H groups in total. The number of rotatable bonds is 4. The first-order valence-electron chi connectivity index (χ1n) is 7.42. The van der Waals surface area contributed by atoms with Gasteiger partial charge in [-0.05, 0) is 43.5 Å². The topological polar surface area (TPSA) is 87.1 Å². The van der Waals surface area contributed by atoms with Crippen molar-refractivity contribution in [1.29, 1.82) is 0 Å². The summed E-state index contributed by atoms with van der Waals surface area (Å²) in [6.45, 7) is 0. The van der Waals surface area contributed by atoms with Crippen LogP contribution in [0.1, 0.15) is 25.1 Å². The summed E-state index contributed by atoms with van der Waals surface area (Å²) in [5, 5.41) is 4.94. The average Bonchev–Trinajstić information content (AvgIpc) is 3.22. The van der Waals surface area contributed by atoms with Gasteiger partial charge in [-0.15, -0.1) is 11.3 Å². The third kappa shape index (κ3) is 2.51. The largest absolute Gasteiger partial charge is 0.497 e. The Morgan fingerprint density at radius 3 is 2.70 bits per heavy atom. The SMILES string of the molecule is COc1ccc(-c2ncc(-c3nc(C4(N)CCC4)no3)s2)cc1. The monoisotopic (exact) mass is 328 g/mol. The predicted molar refractivity (Wildman–Crippen MR) is 87.1 cm³/mol. The molecule has 1 aromatic carbocycles. The van der Waals surface area contributed by atoms with E-state index in [-0.39, 0.29) is 0 Å². The van der Waals surface area contributed by atoms with Gasteiger partial charge in [-0.2, -0.15) is 4.98 Å². The molecule has 0 unspecified atom stereocenters. The summed E-state index contributed by atoms with van der Waals surface area (Å²) in [5.74, 6) is 1.90. The van der Waals surface area contributed by atoms with Crippen molar-refractivity contribution in [3.05, 3.63) is 36.3 Å². The van der Waals surface area contributed by atoms with Crippen LogP contribution in [0.25, 0.3) is 21.3 Å².